The number of anilines is 1. The SMILES string of the molecule is Cc1c(C(N)=CC(=Nc2ccncn2)C(N)=O)ccc(F)c1NC(=O)c1cc2c(s1)CC(C)(C)C2O. The molecule has 4 rings (SSSR count). The van der Waals surface area contributed by atoms with Gasteiger partial charge in [-0.2, -0.15) is 0 Å². The number of thiophene rings is 1. The zero-order valence-corrected chi connectivity index (χ0v) is 20.7. The summed E-state index contributed by atoms with van der Waals surface area (Å²) in [6.07, 6.45) is 3.99. The maximum absolute atomic E-state index is 14.8. The van der Waals surface area contributed by atoms with Crippen LogP contribution >= 0.6 is 11.3 Å². The maximum atomic E-state index is 14.8. The van der Waals surface area contributed by atoms with Gasteiger partial charge in [0, 0.05) is 28.4 Å². The van der Waals surface area contributed by atoms with Gasteiger partial charge in [0.15, 0.2) is 5.82 Å². The number of hydrogen-bond acceptors (Lipinski definition) is 8. The van der Waals surface area contributed by atoms with Gasteiger partial charge < -0.3 is 21.9 Å². The van der Waals surface area contributed by atoms with E-state index in [4.69, 9.17) is 11.5 Å². The smallest absolute Gasteiger partial charge is 0.267 e. The lowest BCUT2D eigenvalue weighted by atomic mass is 9.88. The van der Waals surface area contributed by atoms with E-state index in [0.29, 0.717) is 22.4 Å². The third-order valence-corrected chi connectivity index (χ3v) is 7.18. The molecule has 9 nitrogen and oxygen atoms in total. The number of aliphatic imine (C=N–C) groups is 1. The fraction of sp³-hybridized carbons (Fsp3) is 0.240. The van der Waals surface area contributed by atoms with Crippen LogP contribution in [0.3, 0.4) is 0 Å². The van der Waals surface area contributed by atoms with Crippen LogP contribution in [-0.2, 0) is 11.2 Å². The summed E-state index contributed by atoms with van der Waals surface area (Å²) in [5.74, 6) is -1.76. The molecule has 1 aliphatic rings. The van der Waals surface area contributed by atoms with Gasteiger partial charge in [0.2, 0.25) is 0 Å². The lowest BCUT2D eigenvalue weighted by Gasteiger charge is -2.22. The highest BCUT2D eigenvalue weighted by Gasteiger charge is 2.40. The van der Waals surface area contributed by atoms with Crippen molar-refractivity contribution in [2.75, 3.05) is 5.32 Å². The van der Waals surface area contributed by atoms with E-state index in [0.717, 1.165) is 10.4 Å². The van der Waals surface area contributed by atoms with Crippen LogP contribution in [0.5, 0.6) is 0 Å². The molecule has 36 heavy (non-hydrogen) atoms. The van der Waals surface area contributed by atoms with Crippen molar-refractivity contribution in [3.63, 3.8) is 0 Å². The van der Waals surface area contributed by atoms with E-state index < -0.39 is 23.7 Å². The molecule has 0 saturated carbocycles. The van der Waals surface area contributed by atoms with Gasteiger partial charge in [-0.1, -0.05) is 13.8 Å². The highest BCUT2D eigenvalue weighted by molar-refractivity contribution is 7.14. The molecule has 6 N–H and O–H groups in total. The Labute approximate surface area is 210 Å². The molecule has 0 radical (unpaired) electrons. The molecule has 0 spiro atoms. The average molecular weight is 509 g/mol. The summed E-state index contributed by atoms with van der Waals surface area (Å²) in [5, 5.41) is 13.2. The number of rotatable bonds is 6. The van der Waals surface area contributed by atoms with Gasteiger partial charge in [-0.3, -0.25) is 9.59 Å². The molecule has 0 fully saturated rings. The van der Waals surface area contributed by atoms with Crippen LogP contribution in [0, 0.1) is 18.2 Å². The molecule has 3 aromatic rings. The lowest BCUT2D eigenvalue weighted by molar-refractivity contribution is -0.111. The molecule has 1 aliphatic carbocycles. The maximum Gasteiger partial charge on any atom is 0.267 e. The summed E-state index contributed by atoms with van der Waals surface area (Å²) in [4.78, 5) is 38.0. The summed E-state index contributed by atoms with van der Waals surface area (Å²) in [6, 6.07) is 5.76. The van der Waals surface area contributed by atoms with E-state index in [1.54, 1.807) is 13.0 Å². The molecule has 1 aromatic carbocycles. The molecule has 0 bridgehead atoms. The number of hydrogen-bond donors (Lipinski definition) is 4. The van der Waals surface area contributed by atoms with E-state index >= 15 is 0 Å². The van der Waals surface area contributed by atoms with E-state index in [2.05, 4.69) is 20.3 Å². The van der Waals surface area contributed by atoms with Crippen molar-refractivity contribution in [1.29, 1.82) is 0 Å². The van der Waals surface area contributed by atoms with Crippen molar-refractivity contribution < 1.29 is 19.1 Å². The van der Waals surface area contributed by atoms with Crippen molar-refractivity contribution in [2.24, 2.45) is 21.9 Å². The summed E-state index contributed by atoms with van der Waals surface area (Å²) in [6.45, 7) is 5.53. The van der Waals surface area contributed by atoms with Gasteiger partial charge in [-0.25, -0.2) is 19.4 Å². The lowest BCUT2D eigenvalue weighted by Crippen LogP contribution is -2.22. The number of aromatic nitrogens is 2. The monoisotopic (exact) mass is 508 g/mol. The zero-order valence-electron chi connectivity index (χ0n) is 19.9. The fourth-order valence-corrected chi connectivity index (χ4v) is 5.36. The summed E-state index contributed by atoms with van der Waals surface area (Å²) < 4.78 is 14.8. The number of nitrogens with two attached hydrogens (primary N) is 2. The molecule has 11 heteroatoms. The van der Waals surface area contributed by atoms with Gasteiger partial charge in [0.1, 0.15) is 17.9 Å². The Morgan fingerprint density at radius 3 is 2.69 bits per heavy atom. The highest BCUT2D eigenvalue weighted by Crippen LogP contribution is 2.48. The first kappa shape index (κ1) is 25.1. The first-order valence-corrected chi connectivity index (χ1v) is 11.8. The molecule has 1 unspecified atom stereocenters. The Kier molecular flexibility index (Phi) is 6.70. The minimum Gasteiger partial charge on any atom is -0.398 e. The quantitative estimate of drug-likeness (QED) is 0.374. The second kappa shape index (κ2) is 9.59. The van der Waals surface area contributed by atoms with Gasteiger partial charge in [0.25, 0.3) is 11.8 Å². The molecular weight excluding hydrogens is 483 g/mol. The number of carbonyl (C=O) groups is 2. The Balaban J connectivity index is 1.63. The number of aliphatic hydroxyl groups excluding tert-OH is 1. The van der Waals surface area contributed by atoms with Crippen LogP contribution < -0.4 is 16.8 Å². The van der Waals surface area contributed by atoms with Gasteiger partial charge in [-0.05, 0) is 54.2 Å². The number of carbonyl (C=O) groups excluding carboxylic acids is 2. The van der Waals surface area contributed by atoms with E-state index in [-0.39, 0.29) is 28.3 Å². The van der Waals surface area contributed by atoms with Gasteiger partial charge >= 0.3 is 0 Å². The normalized spacial score (nSPS) is 17.1. The Bertz CT molecular complexity index is 1410. The van der Waals surface area contributed by atoms with E-state index in [1.165, 1.54) is 48.1 Å². The Morgan fingerprint density at radius 1 is 1.31 bits per heavy atom. The molecule has 2 heterocycles. The number of nitrogens with one attached hydrogen (secondary N) is 1. The molecule has 2 amide bonds. The summed E-state index contributed by atoms with van der Waals surface area (Å²) >= 11 is 1.28. The van der Waals surface area contributed by atoms with Crippen molar-refractivity contribution in [2.45, 2.75) is 33.3 Å². The second-order valence-corrected chi connectivity index (χ2v) is 10.3. The van der Waals surface area contributed by atoms with Crippen LogP contribution in [0.15, 0.2) is 47.9 Å². The number of halogens is 1. The van der Waals surface area contributed by atoms with Gasteiger partial charge in [0.05, 0.1) is 16.7 Å². The number of amides is 2. The van der Waals surface area contributed by atoms with Crippen LogP contribution in [-0.4, -0.2) is 32.6 Å². The van der Waals surface area contributed by atoms with Crippen molar-refractivity contribution in [3.05, 3.63) is 75.1 Å². The first-order valence-electron chi connectivity index (χ1n) is 11.0. The third kappa shape index (κ3) is 4.88. The van der Waals surface area contributed by atoms with Crippen molar-refractivity contribution in [1.82, 2.24) is 9.97 Å². The standard InChI is InChI=1S/C25H25FN6O3S/c1-12-13(16(27)9-17(23(28)34)31-20-6-7-29-11-30-20)4-5-15(26)21(12)32-24(35)18-8-14-19(36-18)10-25(2,3)22(14)33/h4-9,11,22,33H,10,27H2,1-3H3,(H2,28,34)(H,32,35). The molecule has 186 valence electrons. The minimum atomic E-state index is -0.832. The highest BCUT2D eigenvalue weighted by atomic mass is 32.1. The number of primary amides is 1. The van der Waals surface area contributed by atoms with Crippen molar-refractivity contribution in [3.8, 4) is 0 Å². The van der Waals surface area contributed by atoms with Crippen LogP contribution in [0.1, 0.15) is 51.2 Å². The molecule has 0 saturated heterocycles. The summed E-state index contributed by atoms with van der Waals surface area (Å²) in [7, 11) is 0. The molecule has 0 aliphatic heterocycles. The Hall–Kier alpha value is -3.96. The molecule has 2 aromatic heterocycles. The number of benzene rings is 1. The predicted octanol–water partition coefficient (Wildman–Crippen LogP) is 3.41. The van der Waals surface area contributed by atoms with Crippen LogP contribution in [0.4, 0.5) is 15.9 Å². The third-order valence-electron chi connectivity index (χ3n) is 6.03. The van der Waals surface area contributed by atoms with Crippen molar-refractivity contribution >= 4 is 46.1 Å². The summed E-state index contributed by atoms with van der Waals surface area (Å²) in [5.41, 5.74) is 12.7. The van der Waals surface area contributed by atoms with Gasteiger partial charge in [-0.15, -0.1) is 11.3 Å². The Morgan fingerprint density at radius 2 is 2.06 bits per heavy atom. The second-order valence-electron chi connectivity index (χ2n) is 9.13. The van der Waals surface area contributed by atoms with E-state index in [1.807, 2.05) is 13.8 Å². The number of aliphatic hydroxyl groups is 1. The van der Waals surface area contributed by atoms with Crippen LogP contribution in [0.2, 0.25) is 0 Å². The predicted molar refractivity (Wildman–Crippen MR) is 136 cm³/mol. The zero-order chi connectivity index (χ0) is 26.2. The largest absolute Gasteiger partial charge is 0.398 e. The van der Waals surface area contributed by atoms with Crippen LogP contribution in [0.25, 0.3) is 5.70 Å². The minimum absolute atomic E-state index is 0.0448. The number of nitrogens with zero attached hydrogens (tertiary/aromatic N) is 3. The van der Waals surface area contributed by atoms with E-state index in [9.17, 15) is 19.1 Å². The molecular formula is C25H25FN6O3S. The topological polar surface area (TPSA) is 157 Å². The number of fused-ring (bicyclic) bond motifs is 1. The molecule has 1 atom stereocenters. The first-order chi connectivity index (χ1) is 17.0. The fourth-order valence-electron chi connectivity index (χ4n) is 4.03. The average Bonchev–Trinajstić information content (AvgIpc) is 3.32.